The molecule has 0 aliphatic carbocycles. The van der Waals surface area contributed by atoms with E-state index in [2.05, 4.69) is 22.6 Å². The molecular weight excluding hydrogens is 373 g/mol. The van der Waals surface area contributed by atoms with E-state index in [0.717, 1.165) is 14.2 Å². The maximum atomic E-state index is 12.1. The summed E-state index contributed by atoms with van der Waals surface area (Å²) < 4.78 is 6.70. The Balaban J connectivity index is 1.81. The van der Waals surface area contributed by atoms with Gasteiger partial charge in [-0.1, -0.05) is 18.2 Å². The maximum Gasteiger partial charge on any atom is 0.254 e. The van der Waals surface area contributed by atoms with E-state index in [0.29, 0.717) is 13.2 Å². The lowest BCUT2D eigenvalue weighted by atomic mass is 10.3. The molecule has 1 heterocycles. The molecule has 5 heteroatoms. The largest absolute Gasteiger partial charge is 0.492 e. The molecule has 0 bridgehead atoms. The molecule has 2 rings (SSSR count). The third kappa shape index (κ3) is 4.21. The Morgan fingerprint density at radius 3 is 2.74 bits per heavy atom. The number of hydrogen-bond acceptors (Lipinski definition) is 3. The quantitative estimate of drug-likeness (QED) is 0.735. The van der Waals surface area contributed by atoms with Crippen LogP contribution in [-0.2, 0) is 0 Å². The SMILES string of the molecule is CN(CCOc1ccccc1)C(=O)c1csc(I)c1. The van der Waals surface area contributed by atoms with Gasteiger partial charge in [0.1, 0.15) is 12.4 Å². The first-order chi connectivity index (χ1) is 9.16. The maximum absolute atomic E-state index is 12.1. The van der Waals surface area contributed by atoms with E-state index >= 15 is 0 Å². The van der Waals surface area contributed by atoms with Crippen molar-refractivity contribution in [2.45, 2.75) is 0 Å². The lowest BCUT2D eigenvalue weighted by Crippen LogP contribution is -2.30. The smallest absolute Gasteiger partial charge is 0.254 e. The van der Waals surface area contributed by atoms with Gasteiger partial charge in [-0.3, -0.25) is 4.79 Å². The highest BCUT2D eigenvalue weighted by Gasteiger charge is 2.12. The first kappa shape index (κ1) is 14.3. The summed E-state index contributed by atoms with van der Waals surface area (Å²) >= 11 is 3.80. The van der Waals surface area contributed by atoms with Crippen LogP contribution in [0.3, 0.4) is 0 Å². The third-order valence-electron chi connectivity index (χ3n) is 2.60. The van der Waals surface area contributed by atoms with E-state index in [-0.39, 0.29) is 5.91 Å². The van der Waals surface area contributed by atoms with Gasteiger partial charge in [0.15, 0.2) is 0 Å². The van der Waals surface area contributed by atoms with E-state index < -0.39 is 0 Å². The number of thiophene rings is 1. The van der Waals surface area contributed by atoms with Crippen LogP contribution < -0.4 is 4.74 Å². The molecule has 1 amide bonds. The summed E-state index contributed by atoms with van der Waals surface area (Å²) in [4.78, 5) is 13.8. The van der Waals surface area contributed by atoms with Crippen LogP contribution in [-0.4, -0.2) is 31.0 Å². The molecule has 0 atom stereocenters. The number of carbonyl (C=O) groups is 1. The van der Waals surface area contributed by atoms with Crippen LogP contribution in [0.2, 0.25) is 0 Å². The molecule has 1 aromatic carbocycles. The molecule has 0 fully saturated rings. The average Bonchev–Trinajstić information content (AvgIpc) is 2.85. The summed E-state index contributed by atoms with van der Waals surface area (Å²) in [5.41, 5.74) is 0.747. The number of halogens is 1. The zero-order valence-electron chi connectivity index (χ0n) is 10.5. The lowest BCUT2D eigenvalue weighted by molar-refractivity contribution is 0.0774. The zero-order valence-corrected chi connectivity index (χ0v) is 13.5. The second-order valence-electron chi connectivity index (χ2n) is 4.03. The van der Waals surface area contributed by atoms with Crippen molar-refractivity contribution in [2.24, 2.45) is 0 Å². The minimum absolute atomic E-state index is 0.0378. The number of nitrogens with zero attached hydrogens (tertiary/aromatic N) is 1. The van der Waals surface area contributed by atoms with Crippen LogP contribution >= 0.6 is 33.9 Å². The molecule has 0 saturated carbocycles. The predicted molar refractivity (Wildman–Crippen MR) is 85.9 cm³/mol. The van der Waals surface area contributed by atoms with Gasteiger partial charge in [-0.05, 0) is 40.8 Å². The lowest BCUT2D eigenvalue weighted by Gasteiger charge is -2.16. The summed E-state index contributed by atoms with van der Waals surface area (Å²) in [5.74, 6) is 0.865. The Bertz CT molecular complexity index is 541. The normalized spacial score (nSPS) is 10.2. The highest BCUT2D eigenvalue weighted by molar-refractivity contribution is 14.1. The van der Waals surface area contributed by atoms with Crippen LogP contribution in [0.1, 0.15) is 10.4 Å². The molecule has 0 aliphatic heterocycles. The summed E-state index contributed by atoms with van der Waals surface area (Å²) in [5, 5.41) is 1.89. The van der Waals surface area contributed by atoms with Crippen LogP contribution in [0.4, 0.5) is 0 Å². The van der Waals surface area contributed by atoms with Crippen molar-refractivity contribution in [3.63, 3.8) is 0 Å². The van der Waals surface area contributed by atoms with Gasteiger partial charge in [0, 0.05) is 12.4 Å². The van der Waals surface area contributed by atoms with Gasteiger partial charge in [0.25, 0.3) is 5.91 Å². The minimum atomic E-state index is 0.0378. The molecule has 0 unspecified atom stereocenters. The predicted octanol–water partition coefficient (Wildman–Crippen LogP) is 3.50. The van der Waals surface area contributed by atoms with Crippen LogP contribution in [0, 0.1) is 2.88 Å². The molecule has 0 saturated heterocycles. The molecule has 19 heavy (non-hydrogen) atoms. The van der Waals surface area contributed by atoms with Gasteiger partial charge in [0.2, 0.25) is 0 Å². The summed E-state index contributed by atoms with van der Waals surface area (Å²) in [6.45, 7) is 1.06. The van der Waals surface area contributed by atoms with Crippen LogP contribution in [0.25, 0.3) is 0 Å². The number of likely N-dealkylation sites (N-methyl/N-ethyl adjacent to an activating group) is 1. The van der Waals surface area contributed by atoms with Gasteiger partial charge in [-0.15, -0.1) is 11.3 Å². The Hall–Kier alpha value is -1.08. The first-order valence-corrected chi connectivity index (χ1v) is 7.80. The summed E-state index contributed by atoms with van der Waals surface area (Å²) in [6.07, 6.45) is 0. The van der Waals surface area contributed by atoms with E-state index in [1.54, 1.807) is 23.3 Å². The Morgan fingerprint density at radius 2 is 2.11 bits per heavy atom. The van der Waals surface area contributed by atoms with Gasteiger partial charge in [-0.25, -0.2) is 0 Å². The average molecular weight is 387 g/mol. The monoisotopic (exact) mass is 387 g/mol. The molecule has 0 spiro atoms. The molecule has 3 nitrogen and oxygen atoms in total. The van der Waals surface area contributed by atoms with Crippen molar-refractivity contribution in [3.05, 3.63) is 50.2 Å². The van der Waals surface area contributed by atoms with Crippen molar-refractivity contribution in [3.8, 4) is 5.75 Å². The molecule has 100 valence electrons. The van der Waals surface area contributed by atoms with Crippen LogP contribution in [0.15, 0.2) is 41.8 Å². The van der Waals surface area contributed by atoms with Crippen molar-refractivity contribution >= 4 is 39.8 Å². The molecule has 0 aliphatic rings. The van der Waals surface area contributed by atoms with Crippen molar-refractivity contribution in [1.29, 1.82) is 0 Å². The highest BCUT2D eigenvalue weighted by atomic mass is 127. The Kier molecular flexibility index (Phi) is 5.21. The second kappa shape index (κ2) is 6.91. The fraction of sp³-hybridized carbons (Fsp3) is 0.214. The number of rotatable bonds is 5. The van der Waals surface area contributed by atoms with Crippen molar-refractivity contribution in [2.75, 3.05) is 20.2 Å². The summed E-state index contributed by atoms with van der Waals surface area (Å²) in [6, 6.07) is 11.5. The Morgan fingerprint density at radius 1 is 1.37 bits per heavy atom. The first-order valence-electron chi connectivity index (χ1n) is 5.84. The number of benzene rings is 1. The van der Waals surface area contributed by atoms with E-state index in [4.69, 9.17) is 4.74 Å². The minimum Gasteiger partial charge on any atom is -0.492 e. The standard InChI is InChI=1S/C14H14INO2S/c1-16(14(17)11-9-13(15)19-10-11)7-8-18-12-5-3-2-4-6-12/h2-6,9-10H,7-8H2,1H3. The molecular formula is C14H14INO2S. The fourth-order valence-electron chi connectivity index (χ4n) is 1.56. The van der Waals surface area contributed by atoms with Gasteiger partial charge >= 0.3 is 0 Å². The van der Waals surface area contributed by atoms with Gasteiger partial charge < -0.3 is 9.64 Å². The zero-order chi connectivity index (χ0) is 13.7. The third-order valence-corrected chi connectivity index (χ3v) is 4.39. The van der Waals surface area contributed by atoms with E-state index in [1.165, 1.54) is 0 Å². The fourth-order valence-corrected chi connectivity index (χ4v) is 2.88. The van der Waals surface area contributed by atoms with Gasteiger partial charge in [-0.2, -0.15) is 0 Å². The number of carbonyl (C=O) groups excluding carboxylic acids is 1. The second-order valence-corrected chi connectivity index (χ2v) is 6.83. The van der Waals surface area contributed by atoms with Gasteiger partial charge in [0.05, 0.1) is 15.0 Å². The topological polar surface area (TPSA) is 29.5 Å². The van der Waals surface area contributed by atoms with Crippen LogP contribution in [0.5, 0.6) is 5.75 Å². The molecule has 1 aromatic heterocycles. The van der Waals surface area contributed by atoms with Crippen molar-refractivity contribution < 1.29 is 9.53 Å². The number of amides is 1. The number of hydrogen-bond donors (Lipinski definition) is 0. The van der Waals surface area contributed by atoms with E-state index in [1.807, 2.05) is 41.8 Å². The van der Waals surface area contributed by atoms with Crippen molar-refractivity contribution in [1.82, 2.24) is 4.90 Å². The number of para-hydroxylation sites is 1. The Labute approximate surface area is 130 Å². The molecule has 0 N–H and O–H groups in total. The molecule has 0 radical (unpaired) electrons. The number of ether oxygens (including phenoxy) is 1. The summed E-state index contributed by atoms with van der Waals surface area (Å²) in [7, 11) is 1.79. The van der Waals surface area contributed by atoms with E-state index in [9.17, 15) is 4.79 Å². The molecule has 2 aromatic rings. The highest BCUT2D eigenvalue weighted by Crippen LogP contribution is 2.17.